The number of nitrogens with zero attached hydrogens (tertiary/aromatic N) is 1. The van der Waals surface area contributed by atoms with Crippen LogP contribution < -0.4 is 5.32 Å². The molecule has 1 heterocycles. The van der Waals surface area contributed by atoms with E-state index in [4.69, 9.17) is 5.11 Å². The highest BCUT2D eigenvalue weighted by atomic mass is 79.9. The Bertz CT molecular complexity index is 490. The molecule has 2 amide bonds. The Hall–Kier alpha value is -1.40. The van der Waals surface area contributed by atoms with Crippen LogP contribution >= 0.6 is 15.9 Å². The van der Waals surface area contributed by atoms with Crippen LogP contribution in [-0.4, -0.2) is 48.1 Å². The van der Waals surface area contributed by atoms with Gasteiger partial charge in [-0.25, -0.2) is 0 Å². The fraction of sp³-hybridized carbons (Fsp3) is 0.429. The summed E-state index contributed by atoms with van der Waals surface area (Å²) in [5.41, 5.74) is 0.524. The molecule has 2 rings (SSSR count). The van der Waals surface area contributed by atoms with Crippen LogP contribution in [0.4, 0.5) is 0 Å². The van der Waals surface area contributed by atoms with Gasteiger partial charge in [0.25, 0.3) is 5.91 Å². The Morgan fingerprint density at radius 1 is 1.35 bits per heavy atom. The van der Waals surface area contributed by atoms with Gasteiger partial charge in [-0.2, -0.15) is 0 Å². The monoisotopic (exact) mass is 340 g/mol. The number of amides is 2. The zero-order valence-electron chi connectivity index (χ0n) is 11.0. The topological polar surface area (TPSA) is 69.6 Å². The number of aliphatic hydroxyl groups is 1. The fourth-order valence-electron chi connectivity index (χ4n) is 2.18. The standard InChI is InChI=1S/C14H17BrN2O3/c15-12-3-1-11(2-4-12)14(20)16-7-13(19)17-6-5-10(8-17)9-18/h1-4,10,18H,5-9H2,(H,16,20). The predicted octanol–water partition coefficient (Wildman–Crippen LogP) is 1.02. The van der Waals surface area contributed by atoms with E-state index >= 15 is 0 Å². The summed E-state index contributed by atoms with van der Waals surface area (Å²) in [7, 11) is 0. The highest BCUT2D eigenvalue weighted by Crippen LogP contribution is 2.15. The molecule has 1 aliphatic rings. The lowest BCUT2D eigenvalue weighted by molar-refractivity contribution is -0.129. The molecule has 1 fully saturated rings. The quantitative estimate of drug-likeness (QED) is 0.859. The smallest absolute Gasteiger partial charge is 0.251 e. The number of carbonyl (C=O) groups excluding carboxylic acids is 2. The number of carbonyl (C=O) groups is 2. The molecule has 1 aliphatic heterocycles. The van der Waals surface area contributed by atoms with Gasteiger partial charge in [-0.15, -0.1) is 0 Å². The van der Waals surface area contributed by atoms with Crippen LogP contribution in [0.2, 0.25) is 0 Å². The van der Waals surface area contributed by atoms with Gasteiger partial charge in [0.15, 0.2) is 0 Å². The van der Waals surface area contributed by atoms with E-state index < -0.39 is 0 Å². The molecule has 0 aromatic heterocycles. The van der Waals surface area contributed by atoms with Crippen LogP contribution in [0.5, 0.6) is 0 Å². The van der Waals surface area contributed by atoms with Crippen molar-refractivity contribution in [2.24, 2.45) is 5.92 Å². The molecule has 5 nitrogen and oxygen atoms in total. The Morgan fingerprint density at radius 2 is 2.05 bits per heavy atom. The van der Waals surface area contributed by atoms with Crippen molar-refractivity contribution in [3.05, 3.63) is 34.3 Å². The molecule has 2 N–H and O–H groups in total. The molecule has 108 valence electrons. The highest BCUT2D eigenvalue weighted by Gasteiger charge is 2.25. The SMILES string of the molecule is O=C(NCC(=O)N1CCC(CO)C1)c1ccc(Br)cc1. The zero-order chi connectivity index (χ0) is 14.5. The third-order valence-electron chi connectivity index (χ3n) is 3.40. The first-order chi connectivity index (χ1) is 9.60. The maximum atomic E-state index is 11.9. The lowest BCUT2D eigenvalue weighted by atomic mass is 10.1. The van der Waals surface area contributed by atoms with Gasteiger partial charge in [-0.1, -0.05) is 15.9 Å². The minimum atomic E-state index is -0.260. The summed E-state index contributed by atoms with van der Waals surface area (Å²) < 4.78 is 0.900. The lowest BCUT2D eigenvalue weighted by Gasteiger charge is -2.16. The van der Waals surface area contributed by atoms with Gasteiger partial charge in [-0.3, -0.25) is 9.59 Å². The van der Waals surface area contributed by atoms with Crippen molar-refractivity contribution in [2.75, 3.05) is 26.2 Å². The molecule has 0 radical (unpaired) electrons. The van der Waals surface area contributed by atoms with Gasteiger partial charge in [0.2, 0.25) is 5.91 Å². The van der Waals surface area contributed by atoms with E-state index in [1.165, 1.54) is 0 Å². The van der Waals surface area contributed by atoms with Gasteiger partial charge in [0.05, 0.1) is 6.54 Å². The third kappa shape index (κ3) is 3.80. The van der Waals surface area contributed by atoms with Crippen LogP contribution in [0.1, 0.15) is 16.8 Å². The van der Waals surface area contributed by atoms with Crippen molar-refractivity contribution in [1.82, 2.24) is 10.2 Å². The molecule has 1 saturated heterocycles. The van der Waals surface area contributed by atoms with Crippen molar-refractivity contribution in [3.63, 3.8) is 0 Å². The molecule has 1 atom stereocenters. The van der Waals surface area contributed by atoms with Crippen molar-refractivity contribution in [2.45, 2.75) is 6.42 Å². The molecule has 6 heteroatoms. The first-order valence-electron chi connectivity index (χ1n) is 6.52. The largest absolute Gasteiger partial charge is 0.396 e. The Morgan fingerprint density at radius 3 is 2.65 bits per heavy atom. The molecule has 20 heavy (non-hydrogen) atoms. The van der Waals surface area contributed by atoms with Gasteiger partial charge < -0.3 is 15.3 Å². The number of rotatable bonds is 4. The summed E-state index contributed by atoms with van der Waals surface area (Å²) in [5.74, 6) is -0.198. The van der Waals surface area contributed by atoms with E-state index in [-0.39, 0.29) is 30.9 Å². The first kappa shape index (κ1) is 15.0. The minimum absolute atomic E-state index is 0.00690. The van der Waals surface area contributed by atoms with Crippen LogP contribution in [0.25, 0.3) is 0 Å². The van der Waals surface area contributed by atoms with Crippen LogP contribution in [0, 0.1) is 5.92 Å². The third-order valence-corrected chi connectivity index (χ3v) is 3.93. The van der Waals surface area contributed by atoms with Gasteiger partial charge >= 0.3 is 0 Å². The number of hydrogen-bond acceptors (Lipinski definition) is 3. The molecular weight excluding hydrogens is 324 g/mol. The molecule has 0 aliphatic carbocycles. The fourth-order valence-corrected chi connectivity index (χ4v) is 2.44. The van der Waals surface area contributed by atoms with E-state index in [1.807, 2.05) is 0 Å². The summed E-state index contributed by atoms with van der Waals surface area (Å²) in [4.78, 5) is 25.5. The van der Waals surface area contributed by atoms with Crippen molar-refractivity contribution >= 4 is 27.7 Å². The van der Waals surface area contributed by atoms with Crippen LogP contribution in [-0.2, 0) is 4.79 Å². The van der Waals surface area contributed by atoms with E-state index in [9.17, 15) is 9.59 Å². The van der Waals surface area contributed by atoms with E-state index in [0.717, 1.165) is 10.9 Å². The van der Waals surface area contributed by atoms with Gasteiger partial charge in [-0.05, 0) is 30.7 Å². The Labute approximate surface area is 126 Å². The Kier molecular flexibility index (Phi) is 5.14. The second-order valence-electron chi connectivity index (χ2n) is 4.87. The summed E-state index contributed by atoms with van der Waals surface area (Å²) in [6, 6.07) is 6.95. The molecular formula is C14H17BrN2O3. The maximum Gasteiger partial charge on any atom is 0.251 e. The normalized spacial score (nSPS) is 18.1. The van der Waals surface area contributed by atoms with Crippen molar-refractivity contribution in [3.8, 4) is 0 Å². The van der Waals surface area contributed by atoms with Crippen molar-refractivity contribution < 1.29 is 14.7 Å². The zero-order valence-corrected chi connectivity index (χ0v) is 12.6. The number of benzene rings is 1. The minimum Gasteiger partial charge on any atom is -0.396 e. The average Bonchev–Trinajstić information content (AvgIpc) is 2.94. The maximum absolute atomic E-state index is 11.9. The molecule has 1 aromatic rings. The molecule has 1 aromatic carbocycles. The summed E-state index contributed by atoms with van der Waals surface area (Å²) >= 11 is 3.30. The number of likely N-dealkylation sites (tertiary alicyclic amines) is 1. The first-order valence-corrected chi connectivity index (χ1v) is 7.32. The lowest BCUT2D eigenvalue weighted by Crippen LogP contribution is -2.39. The van der Waals surface area contributed by atoms with E-state index in [0.29, 0.717) is 18.7 Å². The summed E-state index contributed by atoms with van der Waals surface area (Å²) in [6.07, 6.45) is 0.822. The van der Waals surface area contributed by atoms with E-state index in [2.05, 4.69) is 21.2 Å². The van der Waals surface area contributed by atoms with E-state index in [1.54, 1.807) is 29.2 Å². The second-order valence-corrected chi connectivity index (χ2v) is 5.78. The van der Waals surface area contributed by atoms with Gasteiger partial charge in [0.1, 0.15) is 0 Å². The summed E-state index contributed by atoms with van der Waals surface area (Å²) in [5, 5.41) is 11.7. The molecule has 0 spiro atoms. The van der Waals surface area contributed by atoms with Gasteiger partial charge in [0, 0.05) is 35.7 Å². The van der Waals surface area contributed by atoms with Crippen LogP contribution in [0.15, 0.2) is 28.7 Å². The highest BCUT2D eigenvalue weighted by molar-refractivity contribution is 9.10. The average molecular weight is 341 g/mol. The molecule has 0 bridgehead atoms. The molecule has 0 saturated carbocycles. The number of aliphatic hydroxyl groups excluding tert-OH is 1. The second kappa shape index (κ2) is 6.85. The number of hydrogen-bond donors (Lipinski definition) is 2. The predicted molar refractivity (Wildman–Crippen MR) is 78.2 cm³/mol. The summed E-state index contributed by atoms with van der Waals surface area (Å²) in [6.45, 7) is 1.32. The number of halogens is 1. The Balaban J connectivity index is 1.81. The van der Waals surface area contributed by atoms with Crippen molar-refractivity contribution in [1.29, 1.82) is 0 Å². The molecule has 1 unspecified atom stereocenters. The van der Waals surface area contributed by atoms with Crippen LogP contribution in [0.3, 0.4) is 0 Å². The number of nitrogens with one attached hydrogen (secondary N) is 1.